The van der Waals surface area contributed by atoms with Crippen LogP contribution in [0.3, 0.4) is 0 Å². The van der Waals surface area contributed by atoms with Crippen molar-refractivity contribution in [3.05, 3.63) is 47.2 Å². The lowest BCUT2D eigenvalue weighted by Gasteiger charge is -2.11. The van der Waals surface area contributed by atoms with Crippen LogP contribution >= 0.6 is 11.3 Å². The molecule has 4 rings (SSSR count). The van der Waals surface area contributed by atoms with E-state index in [4.69, 9.17) is 0 Å². The maximum atomic E-state index is 12.3. The second-order valence-corrected chi connectivity index (χ2v) is 7.22. The van der Waals surface area contributed by atoms with Crippen molar-refractivity contribution in [1.29, 1.82) is 0 Å². The van der Waals surface area contributed by atoms with E-state index in [1.807, 2.05) is 41.2 Å². The molecule has 0 aliphatic heterocycles. The van der Waals surface area contributed by atoms with E-state index in [1.165, 1.54) is 11.3 Å². The van der Waals surface area contributed by atoms with Gasteiger partial charge < -0.3 is 10.6 Å². The first-order chi connectivity index (χ1) is 12.1. The second kappa shape index (κ2) is 6.33. The molecule has 0 saturated heterocycles. The van der Waals surface area contributed by atoms with Crippen molar-refractivity contribution in [1.82, 2.24) is 9.38 Å². The third-order valence-electron chi connectivity index (χ3n) is 4.21. The summed E-state index contributed by atoms with van der Waals surface area (Å²) in [4.78, 5) is 29.5. The molecule has 0 unspecified atom stereocenters. The van der Waals surface area contributed by atoms with Crippen molar-refractivity contribution < 1.29 is 9.59 Å². The van der Waals surface area contributed by atoms with Gasteiger partial charge in [-0.25, -0.2) is 4.98 Å². The van der Waals surface area contributed by atoms with Crippen LogP contribution in [-0.4, -0.2) is 21.2 Å². The SMILES string of the molecule is Cc1ccc(NC(=O)C2CC2)cc1NC(=O)Cc1cn2ccsc2n1. The zero-order valence-corrected chi connectivity index (χ0v) is 14.6. The van der Waals surface area contributed by atoms with Gasteiger partial charge in [-0.2, -0.15) is 0 Å². The lowest BCUT2D eigenvalue weighted by atomic mass is 10.1. The number of aromatic nitrogens is 2. The van der Waals surface area contributed by atoms with Crippen LogP contribution in [0.2, 0.25) is 0 Å². The summed E-state index contributed by atoms with van der Waals surface area (Å²) in [5, 5.41) is 7.78. The van der Waals surface area contributed by atoms with Gasteiger partial charge in [0.1, 0.15) is 0 Å². The molecule has 1 aliphatic carbocycles. The van der Waals surface area contributed by atoms with E-state index in [-0.39, 0.29) is 24.2 Å². The molecule has 25 heavy (non-hydrogen) atoms. The van der Waals surface area contributed by atoms with E-state index < -0.39 is 0 Å². The lowest BCUT2D eigenvalue weighted by molar-refractivity contribution is -0.117. The van der Waals surface area contributed by atoms with Gasteiger partial charge in [0.25, 0.3) is 0 Å². The van der Waals surface area contributed by atoms with Gasteiger partial charge in [-0.05, 0) is 37.5 Å². The third-order valence-corrected chi connectivity index (χ3v) is 4.98. The largest absolute Gasteiger partial charge is 0.326 e. The first-order valence-corrected chi connectivity index (χ1v) is 9.09. The molecule has 1 aromatic carbocycles. The van der Waals surface area contributed by atoms with E-state index in [2.05, 4.69) is 15.6 Å². The number of aryl methyl sites for hydroxylation is 1. The fourth-order valence-electron chi connectivity index (χ4n) is 2.64. The molecule has 7 heteroatoms. The number of imidazole rings is 1. The molecule has 3 aromatic rings. The van der Waals surface area contributed by atoms with Crippen LogP contribution in [0.25, 0.3) is 4.96 Å². The van der Waals surface area contributed by atoms with Crippen molar-refractivity contribution in [3.8, 4) is 0 Å². The van der Waals surface area contributed by atoms with Crippen LogP contribution in [0.15, 0.2) is 36.0 Å². The van der Waals surface area contributed by atoms with Gasteiger partial charge in [0, 0.05) is 35.1 Å². The smallest absolute Gasteiger partial charge is 0.230 e. The normalized spacial score (nSPS) is 13.8. The summed E-state index contributed by atoms with van der Waals surface area (Å²) < 4.78 is 1.91. The molecule has 1 aliphatic rings. The first-order valence-electron chi connectivity index (χ1n) is 8.21. The Morgan fingerprint density at radius 3 is 2.92 bits per heavy atom. The number of fused-ring (bicyclic) bond motifs is 1. The Hall–Kier alpha value is -2.67. The van der Waals surface area contributed by atoms with Crippen molar-refractivity contribution >= 4 is 39.5 Å². The monoisotopic (exact) mass is 354 g/mol. The van der Waals surface area contributed by atoms with E-state index in [1.54, 1.807) is 6.07 Å². The summed E-state index contributed by atoms with van der Waals surface area (Å²) in [5.41, 5.74) is 3.10. The number of rotatable bonds is 5. The summed E-state index contributed by atoms with van der Waals surface area (Å²) in [6.45, 7) is 1.93. The molecule has 0 atom stereocenters. The predicted octanol–water partition coefficient (Wildman–Crippen LogP) is 3.23. The van der Waals surface area contributed by atoms with Gasteiger partial charge in [0.2, 0.25) is 11.8 Å². The number of carbonyl (C=O) groups excluding carboxylic acids is 2. The molecule has 0 spiro atoms. The molecule has 2 aromatic heterocycles. The van der Waals surface area contributed by atoms with Gasteiger partial charge in [-0.3, -0.25) is 14.0 Å². The standard InChI is InChI=1S/C18H18N4O2S/c1-11-2-5-13(19-17(24)12-3-4-12)8-15(11)21-16(23)9-14-10-22-6-7-25-18(22)20-14/h2,5-8,10,12H,3-4,9H2,1H3,(H,19,24)(H,21,23). The van der Waals surface area contributed by atoms with Crippen LogP contribution in [0.4, 0.5) is 11.4 Å². The van der Waals surface area contributed by atoms with Crippen LogP contribution < -0.4 is 10.6 Å². The Balaban J connectivity index is 1.44. The summed E-state index contributed by atoms with van der Waals surface area (Å²) in [5.74, 6) is 0.0767. The zero-order chi connectivity index (χ0) is 17.4. The molecule has 1 fully saturated rings. The Kier molecular flexibility index (Phi) is 4.01. The van der Waals surface area contributed by atoms with E-state index in [0.29, 0.717) is 11.4 Å². The highest BCUT2D eigenvalue weighted by molar-refractivity contribution is 7.15. The van der Waals surface area contributed by atoms with Gasteiger partial charge >= 0.3 is 0 Å². The topological polar surface area (TPSA) is 75.5 Å². The highest BCUT2D eigenvalue weighted by Gasteiger charge is 2.29. The number of hydrogen-bond donors (Lipinski definition) is 2. The van der Waals surface area contributed by atoms with E-state index >= 15 is 0 Å². The fraction of sp³-hybridized carbons (Fsp3) is 0.278. The number of benzene rings is 1. The van der Waals surface area contributed by atoms with Gasteiger partial charge in [0.05, 0.1) is 12.1 Å². The fourth-order valence-corrected chi connectivity index (χ4v) is 3.36. The second-order valence-electron chi connectivity index (χ2n) is 6.34. The Labute approximate surface area is 148 Å². The number of thiazole rings is 1. The van der Waals surface area contributed by atoms with Crippen molar-refractivity contribution in [2.75, 3.05) is 10.6 Å². The van der Waals surface area contributed by atoms with Crippen LogP contribution in [0, 0.1) is 12.8 Å². The predicted molar refractivity (Wildman–Crippen MR) is 97.9 cm³/mol. The highest BCUT2D eigenvalue weighted by atomic mass is 32.1. The first kappa shape index (κ1) is 15.8. The number of anilines is 2. The van der Waals surface area contributed by atoms with Gasteiger partial charge in [-0.15, -0.1) is 11.3 Å². The van der Waals surface area contributed by atoms with Crippen molar-refractivity contribution in [2.45, 2.75) is 26.2 Å². The molecular formula is C18H18N4O2S. The quantitative estimate of drug-likeness (QED) is 0.739. The number of amides is 2. The molecule has 1 saturated carbocycles. The number of nitrogens with zero attached hydrogens (tertiary/aromatic N) is 2. The molecular weight excluding hydrogens is 336 g/mol. The Bertz CT molecular complexity index is 927. The molecule has 128 valence electrons. The summed E-state index contributed by atoms with van der Waals surface area (Å²) >= 11 is 1.54. The number of hydrogen-bond acceptors (Lipinski definition) is 4. The summed E-state index contributed by atoms with van der Waals surface area (Å²) in [6.07, 6.45) is 5.93. The van der Waals surface area contributed by atoms with E-state index in [9.17, 15) is 9.59 Å². The van der Waals surface area contributed by atoms with Crippen molar-refractivity contribution in [3.63, 3.8) is 0 Å². The molecule has 0 radical (unpaired) electrons. The Morgan fingerprint density at radius 2 is 2.16 bits per heavy atom. The minimum absolute atomic E-state index is 0.0548. The van der Waals surface area contributed by atoms with Gasteiger partial charge in [0.15, 0.2) is 4.96 Å². The summed E-state index contributed by atoms with van der Waals surface area (Å²) in [7, 11) is 0. The van der Waals surface area contributed by atoms with E-state index in [0.717, 1.165) is 29.1 Å². The highest BCUT2D eigenvalue weighted by Crippen LogP contribution is 2.30. The minimum Gasteiger partial charge on any atom is -0.326 e. The number of carbonyl (C=O) groups is 2. The zero-order valence-electron chi connectivity index (χ0n) is 13.8. The van der Waals surface area contributed by atoms with Crippen LogP contribution in [-0.2, 0) is 16.0 Å². The van der Waals surface area contributed by atoms with Crippen LogP contribution in [0.5, 0.6) is 0 Å². The number of nitrogens with one attached hydrogen (secondary N) is 2. The average Bonchev–Trinajstić information content (AvgIpc) is 3.22. The molecule has 2 N–H and O–H groups in total. The van der Waals surface area contributed by atoms with Crippen molar-refractivity contribution in [2.24, 2.45) is 5.92 Å². The third kappa shape index (κ3) is 3.56. The molecule has 0 bridgehead atoms. The molecule has 2 heterocycles. The lowest BCUT2D eigenvalue weighted by Crippen LogP contribution is -2.17. The minimum atomic E-state index is -0.125. The average molecular weight is 354 g/mol. The maximum Gasteiger partial charge on any atom is 0.230 e. The molecule has 2 amide bonds. The Morgan fingerprint density at radius 1 is 1.32 bits per heavy atom. The summed E-state index contributed by atoms with van der Waals surface area (Å²) in [6, 6.07) is 5.55. The molecule has 6 nitrogen and oxygen atoms in total. The van der Waals surface area contributed by atoms with Crippen LogP contribution in [0.1, 0.15) is 24.1 Å². The maximum absolute atomic E-state index is 12.3. The van der Waals surface area contributed by atoms with Gasteiger partial charge in [-0.1, -0.05) is 6.07 Å².